The second-order valence-electron chi connectivity index (χ2n) is 5.99. The van der Waals surface area contributed by atoms with E-state index in [1.165, 1.54) is 37.3 Å². The zero-order chi connectivity index (χ0) is 20.2. The molecule has 0 radical (unpaired) electrons. The Balaban J connectivity index is 2.04. The lowest BCUT2D eigenvalue weighted by Gasteiger charge is -2.14. The molecule has 9 heteroatoms. The number of hydrogen-bond donors (Lipinski definition) is 1. The average molecular weight is 403 g/mol. The fourth-order valence-corrected chi connectivity index (χ4v) is 3.60. The van der Waals surface area contributed by atoms with Crippen LogP contribution >= 0.6 is 0 Å². The van der Waals surface area contributed by atoms with Gasteiger partial charge in [-0.05, 0) is 36.2 Å². The lowest BCUT2D eigenvalue weighted by atomic mass is 10.1. The first-order valence-electron chi connectivity index (χ1n) is 7.89. The Morgan fingerprint density at radius 2 is 1.70 bits per heavy atom. The summed E-state index contributed by atoms with van der Waals surface area (Å²) in [5, 5.41) is 0.974. The number of nitrogens with one attached hydrogen (secondary N) is 1. The van der Waals surface area contributed by atoms with Crippen LogP contribution in [0.2, 0.25) is 0 Å². The number of sulfone groups is 1. The lowest BCUT2D eigenvalue weighted by Crippen LogP contribution is -2.38. The van der Waals surface area contributed by atoms with E-state index < -0.39 is 44.3 Å². The molecule has 1 N–H and O–H groups in total. The van der Waals surface area contributed by atoms with Crippen LogP contribution in [0.15, 0.2) is 48.5 Å². The number of benzene rings is 2. The third-order valence-corrected chi connectivity index (χ3v) is 5.94. The van der Waals surface area contributed by atoms with Gasteiger partial charge in [-0.25, -0.2) is 12.8 Å². The molecule has 1 amide bonds. The van der Waals surface area contributed by atoms with E-state index in [-0.39, 0.29) is 12.1 Å². The predicted molar refractivity (Wildman–Crippen MR) is 91.8 cm³/mol. The summed E-state index contributed by atoms with van der Waals surface area (Å²) in [5.41, 5.74) is -0.432. The minimum absolute atomic E-state index is 0.00251. The Hall–Kier alpha value is -2.42. The third-order valence-electron chi connectivity index (χ3n) is 3.91. The van der Waals surface area contributed by atoms with E-state index in [1.807, 2.05) is 0 Å². The molecule has 1 unspecified atom stereocenters. The molecule has 146 valence electrons. The summed E-state index contributed by atoms with van der Waals surface area (Å²) >= 11 is 0. The van der Waals surface area contributed by atoms with Gasteiger partial charge in [0.2, 0.25) is 5.91 Å². The smallest absolute Gasteiger partial charge is 0.351 e. The quantitative estimate of drug-likeness (QED) is 0.752. The standard InChI is InChI=1S/C18H17F4NO3S/c1-12(17(24)23-10-13-5-7-16(19)8-6-13)27(25,26)11-14-3-2-4-15(9-14)18(20,21)22/h2-9,12H,10-11H2,1H3,(H,23,24). The molecule has 2 rings (SSSR count). The zero-order valence-corrected chi connectivity index (χ0v) is 15.1. The molecule has 0 aliphatic carbocycles. The highest BCUT2D eigenvalue weighted by molar-refractivity contribution is 7.92. The summed E-state index contributed by atoms with van der Waals surface area (Å²) in [4.78, 5) is 12.1. The molecule has 0 bridgehead atoms. The maximum absolute atomic E-state index is 12.8. The monoisotopic (exact) mass is 403 g/mol. The molecule has 1 atom stereocenters. The van der Waals surface area contributed by atoms with Crippen LogP contribution < -0.4 is 5.32 Å². The van der Waals surface area contributed by atoms with Crippen molar-refractivity contribution in [2.45, 2.75) is 30.6 Å². The Kier molecular flexibility index (Phi) is 6.25. The van der Waals surface area contributed by atoms with Crippen molar-refractivity contribution in [2.24, 2.45) is 0 Å². The zero-order valence-electron chi connectivity index (χ0n) is 14.3. The summed E-state index contributed by atoms with van der Waals surface area (Å²) in [6.07, 6.45) is -4.59. The highest BCUT2D eigenvalue weighted by Crippen LogP contribution is 2.30. The van der Waals surface area contributed by atoms with Gasteiger partial charge in [0.25, 0.3) is 0 Å². The molecule has 27 heavy (non-hydrogen) atoms. The van der Waals surface area contributed by atoms with Crippen LogP contribution in [0.3, 0.4) is 0 Å². The largest absolute Gasteiger partial charge is 0.416 e. The Labute approximate surface area is 154 Å². The molecule has 0 saturated heterocycles. The van der Waals surface area contributed by atoms with Gasteiger partial charge in [-0.1, -0.05) is 30.3 Å². The number of amides is 1. The molecule has 4 nitrogen and oxygen atoms in total. The van der Waals surface area contributed by atoms with E-state index in [9.17, 15) is 30.8 Å². The van der Waals surface area contributed by atoms with Gasteiger partial charge in [0.15, 0.2) is 9.84 Å². The molecule has 0 fully saturated rings. The number of alkyl halides is 3. The fourth-order valence-electron chi connectivity index (χ4n) is 2.29. The van der Waals surface area contributed by atoms with Crippen molar-refractivity contribution < 1.29 is 30.8 Å². The van der Waals surface area contributed by atoms with Crippen molar-refractivity contribution in [1.82, 2.24) is 5.32 Å². The normalized spacial score (nSPS) is 13.2. The van der Waals surface area contributed by atoms with E-state index in [2.05, 4.69) is 5.32 Å². The second-order valence-corrected chi connectivity index (χ2v) is 8.31. The van der Waals surface area contributed by atoms with E-state index >= 15 is 0 Å². The van der Waals surface area contributed by atoms with Crippen molar-refractivity contribution in [1.29, 1.82) is 0 Å². The van der Waals surface area contributed by atoms with E-state index in [0.29, 0.717) is 5.56 Å². The molecule has 0 aliphatic rings. The van der Waals surface area contributed by atoms with Crippen molar-refractivity contribution in [3.05, 3.63) is 71.0 Å². The molecule has 0 spiro atoms. The van der Waals surface area contributed by atoms with Crippen LogP contribution in [0, 0.1) is 5.82 Å². The molecule has 0 aliphatic heterocycles. The van der Waals surface area contributed by atoms with Gasteiger partial charge in [-0.3, -0.25) is 4.79 Å². The number of carbonyl (C=O) groups excluding carboxylic acids is 1. The topological polar surface area (TPSA) is 63.2 Å². The van der Waals surface area contributed by atoms with Gasteiger partial charge >= 0.3 is 6.18 Å². The van der Waals surface area contributed by atoms with Gasteiger partial charge in [0.1, 0.15) is 11.1 Å². The number of halogens is 4. The average Bonchev–Trinajstić information content (AvgIpc) is 2.59. The first-order valence-corrected chi connectivity index (χ1v) is 9.60. The fraction of sp³-hybridized carbons (Fsp3) is 0.278. The van der Waals surface area contributed by atoms with Crippen LogP contribution in [0.4, 0.5) is 17.6 Å². The lowest BCUT2D eigenvalue weighted by molar-refractivity contribution is -0.137. The van der Waals surface area contributed by atoms with E-state index in [1.54, 1.807) is 0 Å². The maximum atomic E-state index is 12.8. The van der Waals surface area contributed by atoms with Crippen molar-refractivity contribution in [2.75, 3.05) is 0 Å². The van der Waals surface area contributed by atoms with Crippen LogP contribution in [0.5, 0.6) is 0 Å². The molecule has 0 aromatic heterocycles. The van der Waals surface area contributed by atoms with Crippen LogP contribution in [-0.4, -0.2) is 19.6 Å². The Morgan fingerprint density at radius 1 is 1.07 bits per heavy atom. The molecule has 0 saturated carbocycles. The van der Waals surface area contributed by atoms with Gasteiger partial charge in [-0.2, -0.15) is 13.2 Å². The summed E-state index contributed by atoms with van der Waals surface area (Å²) in [5.74, 6) is -1.92. The minimum Gasteiger partial charge on any atom is -0.351 e. The number of carbonyl (C=O) groups is 1. The van der Waals surface area contributed by atoms with Crippen molar-refractivity contribution in [3.63, 3.8) is 0 Å². The Bertz CT molecular complexity index is 909. The van der Waals surface area contributed by atoms with Crippen molar-refractivity contribution in [3.8, 4) is 0 Å². The van der Waals surface area contributed by atoms with E-state index in [0.717, 1.165) is 18.2 Å². The predicted octanol–water partition coefficient (Wildman–Crippen LogP) is 3.46. The van der Waals surface area contributed by atoms with E-state index in [4.69, 9.17) is 0 Å². The van der Waals surface area contributed by atoms with Crippen LogP contribution in [0.25, 0.3) is 0 Å². The molecular weight excluding hydrogens is 386 g/mol. The number of rotatable bonds is 6. The summed E-state index contributed by atoms with van der Waals surface area (Å²) in [6, 6.07) is 9.26. The molecule has 0 heterocycles. The number of hydrogen-bond acceptors (Lipinski definition) is 3. The van der Waals surface area contributed by atoms with Gasteiger partial charge < -0.3 is 5.32 Å². The van der Waals surface area contributed by atoms with Crippen LogP contribution in [-0.2, 0) is 33.1 Å². The molecule has 2 aromatic carbocycles. The summed E-state index contributed by atoms with van der Waals surface area (Å²) < 4.78 is 75.8. The van der Waals surface area contributed by atoms with Gasteiger partial charge in [0.05, 0.1) is 11.3 Å². The first kappa shape index (κ1) is 20.9. The second kappa shape index (κ2) is 8.08. The van der Waals surface area contributed by atoms with Gasteiger partial charge in [-0.15, -0.1) is 0 Å². The van der Waals surface area contributed by atoms with Crippen molar-refractivity contribution >= 4 is 15.7 Å². The highest BCUT2D eigenvalue weighted by atomic mass is 32.2. The summed E-state index contributed by atoms with van der Waals surface area (Å²) in [7, 11) is -4.03. The highest BCUT2D eigenvalue weighted by Gasteiger charge is 2.32. The minimum atomic E-state index is -4.59. The molecular formula is C18H17F4NO3S. The molecule has 2 aromatic rings. The first-order chi connectivity index (χ1) is 12.5. The SMILES string of the molecule is CC(C(=O)NCc1ccc(F)cc1)S(=O)(=O)Cc1cccc(C(F)(F)F)c1. The Morgan fingerprint density at radius 3 is 2.30 bits per heavy atom. The third kappa shape index (κ3) is 5.78. The maximum Gasteiger partial charge on any atom is 0.416 e. The van der Waals surface area contributed by atoms with Gasteiger partial charge in [0, 0.05) is 6.54 Å². The van der Waals surface area contributed by atoms with Crippen LogP contribution in [0.1, 0.15) is 23.6 Å². The summed E-state index contributed by atoms with van der Waals surface area (Å²) in [6.45, 7) is 1.17.